The smallest absolute Gasteiger partial charge is 0.143 e. The molecule has 2 aromatic carbocycles. The summed E-state index contributed by atoms with van der Waals surface area (Å²) in [5, 5.41) is 2.25. The number of para-hydroxylation sites is 1. The van der Waals surface area contributed by atoms with Crippen molar-refractivity contribution in [2.24, 2.45) is 0 Å². The summed E-state index contributed by atoms with van der Waals surface area (Å²) < 4.78 is 6.43. The molecule has 0 aliphatic rings. The highest BCUT2D eigenvalue weighted by Crippen LogP contribution is 2.37. The van der Waals surface area contributed by atoms with E-state index in [2.05, 4.69) is 85.3 Å². The van der Waals surface area contributed by atoms with Crippen LogP contribution in [0.15, 0.2) is 65.2 Å². The van der Waals surface area contributed by atoms with Crippen LogP contribution in [0.25, 0.3) is 44.3 Å². The molecule has 0 spiro atoms. The van der Waals surface area contributed by atoms with E-state index in [4.69, 9.17) is 4.42 Å². The molecule has 0 aliphatic heterocycles. The largest absolute Gasteiger partial charge is 0.455 e. The number of pyridine rings is 2. The molecule has 0 radical (unpaired) electrons. The van der Waals surface area contributed by atoms with Gasteiger partial charge in [0.1, 0.15) is 11.2 Å². The molecule has 0 unspecified atom stereocenters. The molecule has 0 fully saturated rings. The summed E-state index contributed by atoms with van der Waals surface area (Å²) in [4.78, 5) is 9.20. The molecule has 5 aromatic rings. The minimum Gasteiger partial charge on any atom is -0.455 e. The van der Waals surface area contributed by atoms with Gasteiger partial charge in [0, 0.05) is 39.5 Å². The van der Waals surface area contributed by atoms with Crippen molar-refractivity contribution in [2.75, 3.05) is 0 Å². The molecule has 0 saturated carbocycles. The van der Waals surface area contributed by atoms with Crippen molar-refractivity contribution in [3.05, 3.63) is 83.3 Å². The normalized spacial score (nSPS) is 11.7. The van der Waals surface area contributed by atoms with Gasteiger partial charge in [-0.2, -0.15) is 0 Å². The van der Waals surface area contributed by atoms with Crippen LogP contribution in [-0.2, 0) is 0 Å². The van der Waals surface area contributed by atoms with Crippen molar-refractivity contribution in [1.29, 1.82) is 0 Å². The van der Waals surface area contributed by atoms with Crippen molar-refractivity contribution in [2.45, 2.75) is 40.5 Å². The summed E-state index contributed by atoms with van der Waals surface area (Å²) in [5.74, 6) is 0.464. The zero-order valence-corrected chi connectivity index (χ0v) is 18.7. The quantitative estimate of drug-likeness (QED) is 0.307. The Balaban J connectivity index is 1.69. The van der Waals surface area contributed by atoms with Gasteiger partial charge in [-0.05, 0) is 73.7 Å². The third-order valence-corrected chi connectivity index (χ3v) is 5.95. The summed E-state index contributed by atoms with van der Waals surface area (Å²) in [5.41, 5.74) is 10.7. The van der Waals surface area contributed by atoms with E-state index in [0.717, 1.165) is 55.7 Å². The highest BCUT2D eigenvalue weighted by molar-refractivity contribution is 6.10. The third-order valence-electron chi connectivity index (χ3n) is 5.95. The van der Waals surface area contributed by atoms with Gasteiger partial charge >= 0.3 is 0 Å². The Hall–Kier alpha value is -3.46. The molecular formula is C28H26N2O. The van der Waals surface area contributed by atoms with Crippen LogP contribution in [-0.4, -0.2) is 9.97 Å². The van der Waals surface area contributed by atoms with Gasteiger partial charge in [-0.1, -0.05) is 38.1 Å². The van der Waals surface area contributed by atoms with Crippen molar-refractivity contribution >= 4 is 21.9 Å². The van der Waals surface area contributed by atoms with Gasteiger partial charge in [0.25, 0.3) is 0 Å². The Morgan fingerprint density at radius 2 is 1.58 bits per heavy atom. The number of benzene rings is 2. The molecule has 31 heavy (non-hydrogen) atoms. The second kappa shape index (κ2) is 7.35. The molecule has 0 amide bonds. The zero-order valence-electron chi connectivity index (χ0n) is 18.7. The van der Waals surface area contributed by atoms with Crippen LogP contribution >= 0.6 is 0 Å². The van der Waals surface area contributed by atoms with E-state index in [1.165, 1.54) is 11.1 Å². The number of furan rings is 1. The minimum atomic E-state index is 0.464. The number of hydrogen-bond acceptors (Lipinski definition) is 3. The molecule has 3 aromatic heterocycles. The fourth-order valence-corrected chi connectivity index (χ4v) is 4.49. The molecular weight excluding hydrogens is 380 g/mol. The Bertz CT molecular complexity index is 1420. The predicted octanol–water partition coefficient (Wildman–Crippen LogP) is 7.76. The third kappa shape index (κ3) is 3.40. The summed E-state index contributed by atoms with van der Waals surface area (Å²) >= 11 is 0. The summed E-state index contributed by atoms with van der Waals surface area (Å²) in [6.45, 7) is 10.6. The molecule has 3 nitrogen and oxygen atoms in total. The van der Waals surface area contributed by atoms with E-state index >= 15 is 0 Å². The fraction of sp³-hybridized carbons (Fsp3) is 0.214. The molecule has 0 bridgehead atoms. The second-order valence-corrected chi connectivity index (χ2v) is 8.71. The van der Waals surface area contributed by atoms with E-state index in [9.17, 15) is 0 Å². The van der Waals surface area contributed by atoms with Crippen LogP contribution in [0.1, 0.15) is 42.3 Å². The van der Waals surface area contributed by atoms with Gasteiger partial charge < -0.3 is 4.42 Å². The molecule has 154 valence electrons. The molecule has 0 saturated heterocycles. The van der Waals surface area contributed by atoms with Gasteiger partial charge in [0.2, 0.25) is 0 Å². The number of hydrogen-bond donors (Lipinski definition) is 0. The number of nitrogens with zero attached hydrogens (tertiary/aromatic N) is 2. The first kappa shape index (κ1) is 19.5. The van der Waals surface area contributed by atoms with Gasteiger partial charge in [-0.15, -0.1) is 0 Å². The van der Waals surface area contributed by atoms with E-state index in [1.807, 2.05) is 20.0 Å². The Morgan fingerprint density at radius 1 is 0.806 bits per heavy atom. The van der Waals surface area contributed by atoms with E-state index in [-0.39, 0.29) is 0 Å². The highest BCUT2D eigenvalue weighted by Gasteiger charge is 2.14. The van der Waals surface area contributed by atoms with E-state index < -0.39 is 0 Å². The first-order valence-corrected chi connectivity index (χ1v) is 10.8. The first-order chi connectivity index (χ1) is 14.9. The molecule has 5 rings (SSSR count). The van der Waals surface area contributed by atoms with Gasteiger partial charge in [-0.25, -0.2) is 0 Å². The van der Waals surface area contributed by atoms with Crippen LogP contribution in [0, 0.1) is 20.8 Å². The maximum Gasteiger partial charge on any atom is 0.143 e. The summed E-state index contributed by atoms with van der Waals surface area (Å²) in [6, 6.07) is 19.2. The SMILES string of the molecule is Cc1cc(-c2cccc3c2oc2cc(-c4cc(C(C)C)c(C)cn4)ccc23)cc(C)n1. The first-order valence-electron chi connectivity index (χ1n) is 10.8. The van der Waals surface area contributed by atoms with Crippen molar-refractivity contribution in [1.82, 2.24) is 9.97 Å². The van der Waals surface area contributed by atoms with E-state index in [1.54, 1.807) is 0 Å². The lowest BCUT2D eigenvalue weighted by atomic mass is 9.97. The second-order valence-electron chi connectivity index (χ2n) is 8.71. The average molecular weight is 407 g/mol. The number of aromatic nitrogens is 2. The lowest BCUT2D eigenvalue weighted by Gasteiger charge is -2.11. The molecule has 0 atom stereocenters. The van der Waals surface area contributed by atoms with Crippen molar-refractivity contribution in [3.8, 4) is 22.4 Å². The molecule has 0 N–H and O–H groups in total. The van der Waals surface area contributed by atoms with Crippen LogP contribution in [0.2, 0.25) is 0 Å². The van der Waals surface area contributed by atoms with Crippen LogP contribution < -0.4 is 0 Å². The molecule has 3 heteroatoms. The topological polar surface area (TPSA) is 38.9 Å². The Kier molecular flexibility index (Phi) is 4.62. The van der Waals surface area contributed by atoms with Crippen LogP contribution in [0.4, 0.5) is 0 Å². The fourth-order valence-electron chi connectivity index (χ4n) is 4.49. The van der Waals surface area contributed by atoms with Gasteiger partial charge in [0.05, 0.1) is 5.69 Å². The maximum absolute atomic E-state index is 6.43. The number of fused-ring (bicyclic) bond motifs is 3. The lowest BCUT2D eigenvalue weighted by molar-refractivity contribution is 0.670. The molecule has 0 aliphatic carbocycles. The van der Waals surface area contributed by atoms with Crippen LogP contribution in [0.3, 0.4) is 0 Å². The minimum absolute atomic E-state index is 0.464. The number of aryl methyl sites for hydroxylation is 3. The predicted molar refractivity (Wildman–Crippen MR) is 128 cm³/mol. The monoisotopic (exact) mass is 406 g/mol. The number of rotatable bonds is 3. The van der Waals surface area contributed by atoms with Crippen LogP contribution in [0.5, 0.6) is 0 Å². The standard InChI is InChI=1S/C28H26N2O/c1-16(2)25-14-26(29-15-17(25)3)20-9-10-23-24-8-6-7-22(28(24)31-27(23)13-20)21-11-18(4)30-19(5)12-21/h6-16H,1-5H3. The van der Waals surface area contributed by atoms with Crippen molar-refractivity contribution in [3.63, 3.8) is 0 Å². The lowest BCUT2D eigenvalue weighted by Crippen LogP contribution is -1.95. The average Bonchev–Trinajstić information content (AvgIpc) is 3.11. The zero-order chi connectivity index (χ0) is 21.7. The Morgan fingerprint density at radius 3 is 2.32 bits per heavy atom. The molecule has 3 heterocycles. The maximum atomic E-state index is 6.43. The van der Waals surface area contributed by atoms with Gasteiger partial charge in [-0.3, -0.25) is 9.97 Å². The summed E-state index contributed by atoms with van der Waals surface area (Å²) in [6.07, 6.45) is 1.97. The van der Waals surface area contributed by atoms with Crippen molar-refractivity contribution < 1.29 is 4.42 Å². The van der Waals surface area contributed by atoms with Gasteiger partial charge in [0.15, 0.2) is 0 Å². The Labute approximate surface area is 182 Å². The summed E-state index contributed by atoms with van der Waals surface area (Å²) in [7, 11) is 0. The van der Waals surface area contributed by atoms with E-state index in [0.29, 0.717) is 5.92 Å². The highest BCUT2D eigenvalue weighted by atomic mass is 16.3.